The molecule has 0 saturated carbocycles. The van der Waals surface area contributed by atoms with Crippen molar-refractivity contribution in [2.24, 2.45) is 0 Å². The summed E-state index contributed by atoms with van der Waals surface area (Å²) in [4.78, 5) is 0. The number of fused-ring (bicyclic) bond motifs is 6. The molecule has 74 heavy (non-hydrogen) atoms. The van der Waals surface area contributed by atoms with Crippen LogP contribution in [-0.2, 0) is 18.3 Å². The van der Waals surface area contributed by atoms with E-state index >= 15 is 0 Å². The zero-order chi connectivity index (χ0) is 56.0. The predicted octanol–water partition coefficient (Wildman–Crippen LogP) is 1.04. The molecular formula is C50H88N12Na2O6P4. The van der Waals surface area contributed by atoms with Crippen LogP contribution in [0.2, 0.25) is 0 Å². The predicted molar refractivity (Wildman–Crippen MR) is 301 cm³/mol. The fourth-order valence-electron chi connectivity index (χ4n) is 8.25. The molecule has 406 valence electrons. The first-order valence-corrected chi connectivity index (χ1v) is 29.3. The molecule has 4 aromatic carbocycles. The van der Waals surface area contributed by atoms with Crippen LogP contribution >= 0.6 is 30.4 Å². The van der Waals surface area contributed by atoms with Crippen molar-refractivity contribution in [1.82, 2.24) is 56.0 Å². The largest absolute Gasteiger partial charge is 1.00 e. The molecular weight excluding hydrogens is 1030 g/mol. The van der Waals surface area contributed by atoms with Gasteiger partial charge in [0.1, 0.15) is 0 Å². The number of rotatable bonds is 12. The molecule has 0 N–H and O–H groups in total. The average Bonchev–Trinajstić information content (AvgIpc) is 3.77. The first kappa shape index (κ1) is 75.3. The van der Waals surface area contributed by atoms with E-state index in [2.05, 4.69) is 0 Å². The van der Waals surface area contributed by atoms with Crippen LogP contribution < -0.4 is 69.3 Å². The Balaban J connectivity index is 0. The van der Waals surface area contributed by atoms with E-state index in [1.165, 1.54) is 0 Å². The molecule has 2 aliphatic rings. The quantitative estimate of drug-likeness (QED) is 0.147. The molecule has 0 spiro atoms. The van der Waals surface area contributed by atoms with E-state index in [0.717, 1.165) is 44.5 Å². The zero-order valence-corrected chi connectivity index (χ0v) is 57.4. The van der Waals surface area contributed by atoms with Gasteiger partial charge in [0.2, 0.25) is 0 Å². The molecule has 2 aliphatic carbocycles. The summed E-state index contributed by atoms with van der Waals surface area (Å²) in [5.74, 6) is 0. The van der Waals surface area contributed by atoms with Crippen molar-refractivity contribution in [1.29, 1.82) is 0 Å². The maximum atomic E-state index is 12.1. The molecule has 0 bridgehead atoms. The van der Waals surface area contributed by atoms with Crippen molar-refractivity contribution in [3.8, 4) is 22.3 Å². The second-order valence-electron chi connectivity index (χ2n) is 19.1. The Morgan fingerprint density at radius 3 is 0.405 bits per heavy atom. The summed E-state index contributed by atoms with van der Waals surface area (Å²) in [6, 6.07) is 31.0. The summed E-state index contributed by atoms with van der Waals surface area (Å²) in [6.07, 6.45) is 0.299. The second-order valence-corrected chi connectivity index (χ2v) is 32.8. The monoisotopic (exact) mass is 1120 g/mol. The van der Waals surface area contributed by atoms with Gasteiger partial charge < -0.3 is 10.2 Å². The smallest absolute Gasteiger partial charge is 0.843 e. The Hall–Kier alpha value is -0.760. The Morgan fingerprint density at radius 2 is 0.324 bits per heavy atom. The van der Waals surface area contributed by atoms with Crippen molar-refractivity contribution in [2.45, 2.75) is 0 Å². The Kier molecular flexibility index (Phi) is 33.7. The van der Waals surface area contributed by atoms with E-state index in [-0.39, 0.29) is 71.3 Å². The summed E-state index contributed by atoms with van der Waals surface area (Å²) in [7, 11) is 33.9. The SMILES string of the molecule is CN(C)P(=O)(N(C)C)N(C)C.CN(C)P(=O)(N(C)C)N(C)C.CN(C)P(=O)(N(C)C)N(C)C.CN(C)P(=O)(N(C)C)N(C)C.[Na+].[Na+].[O-][C]1c2ccccc2-c2ccccc21.[O-][C]1c2ccccc2-c2ccccc21. The number of benzene rings is 4. The summed E-state index contributed by atoms with van der Waals surface area (Å²) < 4.78 is 69.3. The molecule has 0 amide bonds. The summed E-state index contributed by atoms with van der Waals surface area (Å²) in [5.41, 5.74) is 7.56. The van der Waals surface area contributed by atoms with Crippen LogP contribution in [0.1, 0.15) is 22.3 Å². The molecule has 0 aliphatic heterocycles. The number of hydrogen-bond acceptors (Lipinski definition) is 6. The Labute approximate surface area is 492 Å². The van der Waals surface area contributed by atoms with Crippen molar-refractivity contribution in [3.05, 3.63) is 132 Å². The van der Waals surface area contributed by atoms with Crippen molar-refractivity contribution >= 4 is 30.4 Å². The minimum atomic E-state index is -2.44. The standard InChI is InChI=1S/2C13H8O.4C6H18N3OP.2Na/c2*14-13-11-7-3-1-5-9(11)10-6-2-4-8-12(10)13;4*1-7(2)11(10,8(3)4)9(5)6;;/h2*1-8H;4*1-6H3;;/q2*-1;;;;;2*+1. The van der Waals surface area contributed by atoms with E-state index in [1.807, 2.05) is 266 Å². The van der Waals surface area contributed by atoms with Gasteiger partial charge in [0.15, 0.2) is 0 Å². The van der Waals surface area contributed by atoms with E-state index in [0.29, 0.717) is 0 Å². The molecule has 18 nitrogen and oxygen atoms in total. The Bertz CT molecular complexity index is 2050. The molecule has 4 aromatic rings. The molecule has 0 saturated heterocycles. The summed E-state index contributed by atoms with van der Waals surface area (Å²) >= 11 is 0. The van der Waals surface area contributed by atoms with Crippen LogP contribution in [0.25, 0.3) is 22.3 Å². The molecule has 0 aromatic heterocycles. The first-order valence-electron chi connectivity index (χ1n) is 23.1. The van der Waals surface area contributed by atoms with Crippen LogP contribution in [0, 0.1) is 12.2 Å². The van der Waals surface area contributed by atoms with E-state index in [9.17, 15) is 28.5 Å². The van der Waals surface area contributed by atoms with Gasteiger partial charge in [-0.15, -0.1) is 0 Å². The zero-order valence-electron chi connectivity index (χ0n) is 49.8. The van der Waals surface area contributed by atoms with Gasteiger partial charge >= 0.3 is 59.1 Å². The Morgan fingerprint density at radius 1 is 0.230 bits per heavy atom. The third-order valence-electron chi connectivity index (χ3n) is 11.5. The van der Waals surface area contributed by atoms with Crippen LogP contribution in [0.3, 0.4) is 0 Å². The van der Waals surface area contributed by atoms with E-state index < -0.39 is 30.4 Å². The number of nitrogens with zero attached hydrogens (tertiary/aromatic N) is 12. The van der Waals surface area contributed by atoms with Crippen molar-refractivity contribution in [2.75, 3.05) is 169 Å². The van der Waals surface area contributed by atoms with Crippen molar-refractivity contribution in [3.63, 3.8) is 0 Å². The molecule has 6 rings (SSSR count). The van der Waals surface area contributed by atoms with E-state index in [1.54, 1.807) is 56.0 Å². The summed E-state index contributed by atoms with van der Waals surface area (Å²) in [6.45, 7) is 0. The number of hydrogen-bond donors (Lipinski definition) is 0. The molecule has 24 heteroatoms. The fraction of sp³-hybridized carbons (Fsp3) is 0.480. The van der Waals surface area contributed by atoms with Gasteiger partial charge in [0.05, 0.1) is 0 Å². The van der Waals surface area contributed by atoms with Gasteiger partial charge in [0.25, 0.3) is 30.4 Å². The van der Waals surface area contributed by atoms with Crippen LogP contribution in [0.5, 0.6) is 0 Å². The van der Waals surface area contributed by atoms with Crippen molar-refractivity contribution < 1.29 is 87.6 Å². The average molecular weight is 1120 g/mol. The topological polar surface area (TPSA) is 153 Å². The molecule has 0 heterocycles. The maximum Gasteiger partial charge on any atom is 1.00 e. The second kappa shape index (κ2) is 33.1. The normalized spacial score (nSPS) is 13.3. The molecule has 0 fully saturated rings. The third kappa shape index (κ3) is 18.1. The van der Waals surface area contributed by atoms with Gasteiger partial charge in [-0.1, -0.05) is 109 Å². The molecule has 2 radical (unpaired) electrons. The van der Waals surface area contributed by atoms with Crippen LogP contribution in [0.15, 0.2) is 97.1 Å². The first-order chi connectivity index (χ1) is 33.1. The van der Waals surface area contributed by atoms with Gasteiger partial charge in [0, 0.05) is 0 Å². The van der Waals surface area contributed by atoms with Gasteiger partial charge in [-0.2, -0.15) is 0 Å². The minimum absolute atomic E-state index is 0. The molecule has 0 atom stereocenters. The maximum absolute atomic E-state index is 12.1. The minimum Gasteiger partial charge on any atom is -0.843 e. The van der Waals surface area contributed by atoms with Gasteiger partial charge in [-0.3, -0.25) is 18.3 Å². The van der Waals surface area contributed by atoms with Crippen LogP contribution in [-0.4, -0.2) is 225 Å². The van der Waals surface area contributed by atoms with Crippen LogP contribution in [0.4, 0.5) is 0 Å². The molecule has 0 unspecified atom stereocenters. The fourth-order valence-corrected chi connectivity index (χ4v) is 16.8. The van der Waals surface area contributed by atoms with Gasteiger partial charge in [-0.05, 0) is 214 Å². The van der Waals surface area contributed by atoms with Gasteiger partial charge in [-0.25, -0.2) is 56.0 Å². The van der Waals surface area contributed by atoms with E-state index in [4.69, 9.17) is 0 Å². The third-order valence-corrected chi connectivity index (χ3v) is 24.0. The summed E-state index contributed by atoms with van der Waals surface area (Å²) in [5, 5.41) is 23.8.